The van der Waals surface area contributed by atoms with Gasteiger partial charge in [0.05, 0.1) is 0 Å². The molecular formula is C9H23N3. The van der Waals surface area contributed by atoms with Gasteiger partial charge in [0.15, 0.2) is 0 Å². The van der Waals surface area contributed by atoms with Crippen molar-refractivity contribution in [3.8, 4) is 0 Å². The molecule has 4 N–H and O–H groups in total. The second-order valence-electron chi connectivity index (χ2n) is 2.95. The van der Waals surface area contributed by atoms with Crippen molar-refractivity contribution in [2.75, 3.05) is 32.7 Å². The van der Waals surface area contributed by atoms with E-state index in [1.807, 2.05) is 0 Å². The van der Waals surface area contributed by atoms with Gasteiger partial charge in [-0.15, -0.1) is 0 Å². The molecule has 0 bridgehead atoms. The van der Waals surface area contributed by atoms with Crippen molar-refractivity contribution in [3.05, 3.63) is 0 Å². The van der Waals surface area contributed by atoms with Crippen LogP contribution in [0.5, 0.6) is 0 Å². The third-order valence-electron chi connectivity index (χ3n) is 1.78. The van der Waals surface area contributed by atoms with E-state index in [1.54, 1.807) is 0 Å². The summed E-state index contributed by atoms with van der Waals surface area (Å²) in [5.41, 5.74) is 5.34. The number of nitrogens with one attached hydrogen (secondary N) is 2. The summed E-state index contributed by atoms with van der Waals surface area (Å²) in [6, 6.07) is 0. The first-order chi connectivity index (χ1) is 5.91. The third kappa shape index (κ3) is 9.88. The SMILES string of the molecule is CCNCCCCCNCCN. The smallest absolute Gasteiger partial charge is 0.00745 e. The van der Waals surface area contributed by atoms with Crippen molar-refractivity contribution < 1.29 is 0 Å². The Balaban J connectivity index is 2.73. The van der Waals surface area contributed by atoms with Crippen LogP contribution in [0.4, 0.5) is 0 Å². The average molecular weight is 173 g/mol. The molecule has 0 aromatic carbocycles. The summed E-state index contributed by atoms with van der Waals surface area (Å²) in [6.07, 6.45) is 3.87. The molecule has 3 heteroatoms. The Morgan fingerprint density at radius 2 is 1.58 bits per heavy atom. The highest BCUT2D eigenvalue weighted by molar-refractivity contribution is 4.50. The summed E-state index contributed by atoms with van der Waals surface area (Å²) in [5.74, 6) is 0. The number of hydrogen-bond acceptors (Lipinski definition) is 3. The molecule has 0 aromatic heterocycles. The van der Waals surface area contributed by atoms with E-state index in [-0.39, 0.29) is 0 Å². The van der Waals surface area contributed by atoms with Crippen LogP contribution in [0.25, 0.3) is 0 Å². The van der Waals surface area contributed by atoms with Gasteiger partial charge in [-0.2, -0.15) is 0 Å². The molecule has 12 heavy (non-hydrogen) atoms. The van der Waals surface area contributed by atoms with Crippen LogP contribution >= 0.6 is 0 Å². The largest absolute Gasteiger partial charge is 0.329 e. The number of hydrogen-bond donors (Lipinski definition) is 3. The van der Waals surface area contributed by atoms with Gasteiger partial charge in [-0.1, -0.05) is 13.3 Å². The van der Waals surface area contributed by atoms with Crippen LogP contribution in [0, 0.1) is 0 Å². The molecule has 0 saturated heterocycles. The van der Waals surface area contributed by atoms with Gasteiger partial charge >= 0.3 is 0 Å². The Labute approximate surface area is 76.1 Å². The molecule has 0 aliphatic rings. The van der Waals surface area contributed by atoms with E-state index in [2.05, 4.69) is 17.6 Å². The van der Waals surface area contributed by atoms with E-state index < -0.39 is 0 Å². The predicted molar refractivity (Wildman–Crippen MR) is 54.3 cm³/mol. The summed E-state index contributed by atoms with van der Waals surface area (Å²) in [6.45, 7) is 7.20. The fourth-order valence-electron chi connectivity index (χ4n) is 1.08. The molecule has 0 unspecified atom stereocenters. The minimum absolute atomic E-state index is 0.747. The predicted octanol–water partition coefficient (Wildman–Crippen LogP) is 0.315. The first-order valence-corrected chi connectivity index (χ1v) is 5.03. The molecule has 0 spiro atoms. The molecule has 0 heterocycles. The molecule has 0 rings (SSSR count). The van der Waals surface area contributed by atoms with Crippen LogP contribution in [-0.4, -0.2) is 32.7 Å². The zero-order valence-corrected chi connectivity index (χ0v) is 8.23. The zero-order valence-electron chi connectivity index (χ0n) is 8.23. The van der Waals surface area contributed by atoms with E-state index in [0.717, 1.165) is 32.7 Å². The van der Waals surface area contributed by atoms with Gasteiger partial charge in [0.25, 0.3) is 0 Å². The van der Waals surface area contributed by atoms with Gasteiger partial charge in [-0.3, -0.25) is 0 Å². The monoisotopic (exact) mass is 173 g/mol. The van der Waals surface area contributed by atoms with Gasteiger partial charge in [0, 0.05) is 13.1 Å². The zero-order chi connectivity index (χ0) is 9.07. The molecule has 3 nitrogen and oxygen atoms in total. The van der Waals surface area contributed by atoms with Gasteiger partial charge < -0.3 is 16.4 Å². The summed E-state index contributed by atoms with van der Waals surface area (Å²) in [5, 5.41) is 6.59. The van der Waals surface area contributed by atoms with E-state index >= 15 is 0 Å². The lowest BCUT2D eigenvalue weighted by Crippen LogP contribution is -2.23. The second kappa shape index (κ2) is 10.9. The highest BCUT2D eigenvalue weighted by Crippen LogP contribution is 1.91. The molecule has 74 valence electrons. The lowest BCUT2D eigenvalue weighted by Gasteiger charge is -2.03. The normalized spacial score (nSPS) is 10.5. The van der Waals surface area contributed by atoms with Crippen LogP contribution in [0.1, 0.15) is 26.2 Å². The van der Waals surface area contributed by atoms with Gasteiger partial charge in [-0.05, 0) is 32.5 Å². The van der Waals surface area contributed by atoms with Gasteiger partial charge in [0.1, 0.15) is 0 Å². The highest BCUT2D eigenvalue weighted by Gasteiger charge is 1.88. The maximum Gasteiger partial charge on any atom is 0.00745 e. The average Bonchev–Trinajstić information content (AvgIpc) is 2.10. The van der Waals surface area contributed by atoms with Crippen molar-refractivity contribution in [1.29, 1.82) is 0 Å². The summed E-state index contributed by atoms with van der Waals surface area (Å²) < 4.78 is 0. The standard InChI is InChI=1S/C9H23N3/c1-2-11-7-4-3-5-8-12-9-6-10/h11-12H,2-10H2,1H3. The van der Waals surface area contributed by atoms with Crippen molar-refractivity contribution in [2.45, 2.75) is 26.2 Å². The molecular weight excluding hydrogens is 150 g/mol. The Hall–Kier alpha value is -0.120. The lowest BCUT2D eigenvalue weighted by atomic mass is 10.2. The van der Waals surface area contributed by atoms with Crippen LogP contribution in [-0.2, 0) is 0 Å². The van der Waals surface area contributed by atoms with Crippen molar-refractivity contribution in [1.82, 2.24) is 10.6 Å². The first kappa shape index (κ1) is 11.9. The number of rotatable bonds is 9. The molecule has 0 atom stereocenters. The Kier molecular flexibility index (Phi) is 10.8. The second-order valence-corrected chi connectivity index (χ2v) is 2.95. The molecule has 0 amide bonds. The maximum atomic E-state index is 5.34. The van der Waals surface area contributed by atoms with E-state index in [4.69, 9.17) is 5.73 Å². The minimum atomic E-state index is 0.747. The summed E-state index contributed by atoms with van der Waals surface area (Å²) in [7, 11) is 0. The Bertz CT molecular complexity index is 66.2. The van der Waals surface area contributed by atoms with Crippen LogP contribution in [0.2, 0.25) is 0 Å². The van der Waals surface area contributed by atoms with Crippen molar-refractivity contribution >= 4 is 0 Å². The molecule has 0 fully saturated rings. The number of unbranched alkanes of at least 4 members (excludes halogenated alkanes) is 2. The molecule has 0 radical (unpaired) electrons. The summed E-state index contributed by atoms with van der Waals surface area (Å²) >= 11 is 0. The van der Waals surface area contributed by atoms with Crippen molar-refractivity contribution in [2.24, 2.45) is 5.73 Å². The topological polar surface area (TPSA) is 50.1 Å². The quantitative estimate of drug-likeness (QED) is 0.440. The third-order valence-corrected chi connectivity index (χ3v) is 1.78. The van der Waals surface area contributed by atoms with Crippen LogP contribution < -0.4 is 16.4 Å². The van der Waals surface area contributed by atoms with E-state index in [0.29, 0.717) is 0 Å². The van der Waals surface area contributed by atoms with E-state index in [9.17, 15) is 0 Å². The highest BCUT2D eigenvalue weighted by atomic mass is 14.9. The fraction of sp³-hybridized carbons (Fsp3) is 1.00. The molecule has 0 aliphatic carbocycles. The van der Waals surface area contributed by atoms with E-state index in [1.165, 1.54) is 19.3 Å². The molecule has 0 saturated carbocycles. The molecule has 0 aromatic rings. The lowest BCUT2D eigenvalue weighted by molar-refractivity contribution is 0.582. The maximum absolute atomic E-state index is 5.34. The fourth-order valence-corrected chi connectivity index (χ4v) is 1.08. The Morgan fingerprint density at radius 1 is 0.917 bits per heavy atom. The van der Waals surface area contributed by atoms with Crippen LogP contribution in [0.15, 0.2) is 0 Å². The van der Waals surface area contributed by atoms with Gasteiger partial charge in [-0.25, -0.2) is 0 Å². The summed E-state index contributed by atoms with van der Waals surface area (Å²) in [4.78, 5) is 0. The molecule has 0 aliphatic heterocycles. The number of nitrogens with two attached hydrogens (primary N) is 1. The Morgan fingerprint density at radius 3 is 2.17 bits per heavy atom. The van der Waals surface area contributed by atoms with Gasteiger partial charge in [0.2, 0.25) is 0 Å². The minimum Gasteiger partial charge on any atom is -0.329 e. The first-order valence-electron chi connectivity index (χ1n) is 5.03. The van der Waals surface area contributed by atoms with Crippen LogP contribution in [0.3, 0.4) is 0 Å². The van der Waals surface area contributed by atoms with Crippen molar-refractivity contribution in [3.63, 3.8) is 0 Å².